The lowest BCUT2D eigenvalue weighted by molar-refractivity contribution is 0.0948. The van der Waals surface area contributed by atoms with Crippen LogP contribution in [0.1, 0.15) is 30.6 Å². The first-order valence-corrected chi connectivity index (χ1v) is 7.79. The summed E-state index contributed by atoms with van der Waals surface area (Å²) in [5.41, 5.74) is 0.155. The highest BCUT2D eigenvalue weighted by Gasteiger charge is 2.17. The van der Waals surface area contributed by atoms with E-state index in [-0.39, 0.29) is 16.4 Å². The van der Waals surface area contributed by atoms with Crippen molar-refractivity contribution in [3.05, 3.63) is 23.8 Å². The maximum atomic E-state index is 12.1. The summed E-state index contributed by atoms with van der Waals surface area (Å²) < 4.78 is 27.7. The van der Waals surface area contributed by atoms with E-state index in [1.807, 2.05) is 13.8 Å². The summed E-state index contributed by atoms with van der Waals surface area (Å²) in [6.07, 6.45) is 0.836. The first kappa shape index (κ1) is 16.5. The lowest BCUT2D eigenvalue weighted by atomic mass is 10.1. The van der Waals surface area contributed by atoms with Gasteiger partial charge >= 0.3 is 0 Å². The van der Waals surface area contributed by atoms with Crippen molar-refractivity contribution in [3.8, 4) is 5.75 Å². The van der Waals surface area contributed by atoms with Gasteiger partial charge in [0.15, 0.2) is 0 Å². The van der Waals surface area contributed by atoms with Crippen LogP contribution < -0.4 is 15.2 Å². The Morgan fingerprint density at radius 3 is 2.55 bits per heavy atom. The number of hydrogen-bond acceptors (Lipinski definition) is 4. The van der Waals surface area contributed by atoms with Crippen LogP contribution in [0, 0.1) is 5.92 Å². The molecule has 0 aromatic heterocycles. The first-order chi connectivity index (χ1) is 9.25. The number of sulfonamides is 1. The SMILES string of the molecule is COc1ccc(S(N)(=O)=O)cc1C(=O)NCCC(C)C. The van der Waals surface area contributed by atoms with Crippen LogP contribution in [0.3, 0.4) is 0 Å². The quantitative estimate of drug-likeness (QED) is 0.822. The molecule has 7 heteroatoms. The molecule has 0 atom stereocenters. The Hall–Kier alpha value is -1.60. The Morgan fingerprint density at radius 1 is 1.40 bits per heavy atom. The maximum absolute atomic E-state index is 12.1. The molecule has 6 nitrogen and oxygen atoms in total. The highest BCUT2D eigenvalue weighted by Crippen LogP contribution is 2.21. The summed E-state index contributed by atoms with van der Waals surface area (Å²) in [5, 5.41) is 7.79. The third-order valence-electron chi connectivity index (χ3n) is 2.75. The number of carbonyl (C=O) groups excluding carboxylic acids is 1. The van der Waals surface area contributed by atoms with Crippen LogP contribution >= 0.6 is 0 Å². The van der Waals surface area contributed by atoms with E-state index in [0.29, 0.717) is 18.2 Å². The fourth-order valence-electron chi connectivity index (χ4n) is 1.61. The number of rotatable bonds is 6. The Bertz CT molecular complexity index is 582. The molecule has 0 spiro atoms. The Morgan fingerprint density at radius 2 is 2.05 bits per heavy atom. The molecule has 0 unspecified atom stereocenters. The molecule has 0 bridgehead atoms. The Balaban J connectivity index is 2.99. The van der Waals surface area contributed by atoms with E-state index in [4.69, 9.17) is 9.88 Å². The summed E-state index contributed by atoms with van der Waals surface area (Å²) in [6.45, 7) is 4.61. The van der Waals surface area contributed by atoms with Gasteiger partial charge in [-0.05, 0) is 30.5 Å². The number of amides is 1. The van der Waals surface area contributed by atoms with Crippen molar-refractivity contribution in [1.29, 1.82) is 0 Å². The molecular weight excluding hydrogens is 280 g/mol. The lowest BCUT2D eigenvalue weighted by Gasteiger charge is -2.11. The molecule has 1 aromatic carbocycles. The third-order valence-corrected chi connectivity index (χ3v) is 3.66. The highest BCUT2D eigenvalue weighted by molar-refractivity contribution is 7.89. The van der Waals surface area contributed by atoms with Crippen LogP contribution in [0.15, 0.2) is 23.1 Å². The number of nitrogens with one attached hydrogen (secondary N) is 1. The van der Waals surface area contributed by atoms with Crippen molar-refractivity contribution in [1.82, 2.24) is 5.32 Å². The van der Waals surface area contributed by atoms with E-state index >= 15 is 0 Å². The van der Waals surface area contributed by atoms with E-state index in [1.54, 1.807) is 0 Å². The molecule has 0 saturated carbocycles. The van der Waals surface area contributed by atoms with Gasteiger partial charge in [-0.3, -0.25) is 4.79 Å². The minimum atomic E-state index is -3.85. The fourth-order valence-corrected chi connectivity index (χ4v) is 2.15. The van der Waals surface area contributed by atoms with Crippen LogP contribution in [0.25, 0.3) is 0 Å². The van der Waals surface area contributed by atoms with E-state index in [9.17, 15) is 13.2 Å². The van der Waals surface area contributed by atoms with Crippen LogP contribution in [-0.2, 0) is 10.0 Å². The topological polar surface area (TPSA) is 98.5 Å². The second-order valence-electron chi connectivity index (χ2n) is 4.85. The van der Waals surface area contributed by atoms with Gasteiger partial charge in [0.1, 0.15) is 5.75 Å². The van der Waals surface area contributed by atoms with E-state index in [2.05, 4.69) is 5.32 Å². The van der Waals surface area contributed by atoms with Gasteiger partial charge in [0.05, 0.1) is 17.6 Å². The molecule has 1 rings (SSSR count). The van der Waals surface area contributed by atoms with Gasteiger partial charge in [0, 0.05) is 6.54 Å². The smallest absolute Gasteiger partial charge is 0.255 e. The van der Waals surface area contributed by atoms with Crippen LogP contribution in [0.5, 0.6) is 5.75 Å². The molecule has 20 heavy (non-hydrogen) atoms. The predicted molar refractivity (Wildman–Crippen MR) is 76.2 cm³/mol. The van der Waals surface area contributed by atoms with Gasteiger partial charge in [-0.25, -0.2) is 13.6 Å². The van der Waals surface area contributed by atoms with Crippen LogP contribution in [0.2, 0.25) is 0 Å². The maximum Gasteiger partial charge on any atom is 0.255 e. The first-order valence-electron chi connectivity index (χ1n) is 6.24. The van der Waals surface area contributed by atoms with Gasteiger partial charge in [0.2, 0.25) is 10.0 Å². The monoisotopic (exact) mass is 300 g/mol. The Labute approximate surface area is 119 Å². The molecule has 112 valence electrons. The van der Waals surface area contributed by atoms with Crippen molar-refractivity contribution in [3.63, 3.8) is 0 Å². The average molecular weight is 300 g/mol. The third kappa shape index (κ3) is 4.50. The number of primary sulfonamides is 1. The highest BCUT2D eigenvalue weighted by atomic mass is 32.2. The van der Waals surface area contributed by atoms with E-state index in [0.717, 1.165) is 6.42 Å². The largest absolute Gasteiger partial charge is 0.496 e. The molecule has 0 aliphatic rings. The van der Waals surface area contributed by atoms with Crippen molar-refractivity contribution in [2.24, 2.45) is 11.1 Å². The summed E-state index contributed by atoms with van der Waals surface area (Å²) in [5.74, 6) is 0.389. The molecule has 1 aromatic rings. The normalized spacial score (nSPS) is 11.4. The fraction of sp³-hybridized carbons (Fsp3) is 0.462. The predicted octanol–water partition coefficient (Wildman–Crippen LogP) is 1.12. The molecule has 0 aliphatic carbocycles. The van der Waals surface area contributed by atoms with Crippen LogP contribution in [-0.4, -0.2) is 28.0 Å². The molecule has 0 aliphatic heterocycles. The zero-order valence-electron chi connectivity index (χ0n) is 11.8. The average Bonchev–Trinajstić information content (AvgIpc) is 2.36. The minimum absolute atomic E-state index is 0.118. The molecule has 0 radical (unpaired) electrons. The molecule has 0 saturated heterocycles. The van der Waals surface area contributed by atoms with E-state index < -0.39 is 10.0 Å². The van der Waals surface area contributed by atoms with Gasteiger partial charge in [-0.1, -0.05) is 13.8 Å². The minimum Gasteiger partial charge on any atom is -0.496 e. The van der Waals surface area contributed by atoms with E-state index in [1.165, 1.54) is 25.3 Å². The summed E-state index contributed by atoms with van der Waals surface area (Å²) >= 11 is 0. The lowest BCUT2D eigenvalue weighted by Crippen LogP contribution is -2.26. The van der Waals surface area contributed by atoms with Crippen molar-refractivity contribution >= 4 is 15.9 Å². The van der Waals surface area contributed by atoms with Gasteiger partial charge in [0.25, 0.3) is 5.91 Å². The molecule has 0 heterocycles. The van der Waals surface area contributed by atoms with Crippen molar-refractivity contribution in [2.45, 2.75) is 25.2 Å². The zero-order chi connectivity index (χ0) is 15.3. The van der Waals surface area contributed by atoms with Crippen molar-refractivity contribution in [2.75, 3.05) is 13.7 Å². The number of methoxy groups -OCH3 is 1. The molecule has 0 fully saturated rings. The number of hydrogen-bond donors (Lipinski definition) is 2. The summed E-state index contributed by atoms with van der Waals surface area (Å²) in [7, 11) is -2.44. The number of ether oxygens (including phenoxy) is 1. The Kier molecular flexibility index (Phi) is 5.52. The van der Waals surface area contributed by atoms with Crippen LogP contribution in [0.4, 0.5) is 0 Å². The molecule has 3 N–H and O–H groups in total. The summed E-state index contributed by atoms with van der Waals surface area (Å²) in [4.78, 5) is 11.9. The standard InChI is InChI=1S/C13H20N2O4S/c1-9(2)6-7-15-13(16)11-8-10(20(14,17)18)4-5-12(11)19-3/h4-5,8-9H,6-7H2,1-3H3,(H,15,16)(H2,14,17,18). The van der Waals surface area contributed by atoms with Gasteiger partial charge < -0.3 is 10.1 Å². The number of carbonyl (C=O) groups is 1. The van der Waals surface area contributed by atoms with Gasteiger partial charge in [-0.2, -0.15) is 0 Å². The summed E-state index contributed by atoms with van der Waals surface area (Å²) in [6, 6.07) is 3.94. The number of nitrogens with two attached hydrogens (primary N) is 1. The molecular formula is C13H20N2O4S. The van der Waals surface area contributed by atoms with Gasteiger partial charge in [-0.15, -0.1) is 0 Å². The molecule has 1 amide bonds. The number of benzene rings is 1. The van der Waals surface area contributed by atoms with Crippen molar-refractivity contribution < 1.29 is 17.9 Å². The second-order valence-corrected chi connectivity index (χ2v) is 6.41. The zero-order valence-corrected chi connectivity index (χ0v) is 12.7. The second kappa shape index (κ2) is 6.71.